The van der Waals surface area contributed by atoms with Gasteiger partial charge in [-0.05, 0) is 91.4 Å². The zero-order valence-corrected chi connectivity index (χ0v) is 21.1. The second kappa shape index (κ2) is 12.7. The summed E-state index contributed by atoms with van der Waals surface area (Å²) in [6, 6.07) is 25.3. The second-order valence-corrected chi connectivity index (χ2v) is 9.48. The first kappa shape index (κ1) is 25.2. The summed E-state index contributed by atoms with van der Waals surface area (Å²) >= 11 is 0. The van der Waals surface area contributed by atoms with Crippen LogP contribution in [0.15, 0.2) is 72.8 Å². The van der Waals surface area contributed by atoms with E-state index in [-0.39, 0.29) is 12.1 Å². The number of benzene rings is 3. The smallest absolute Gasteiger partial charge is 0.253 e. The maximum Gasteiger partial charge on any atom is 0.253 e. The van der Waals surface area contributed by atoms with Crippen molar-refractivity contribution in [3.63, 3.8) is 0 Å². The number of amides is 1. The summed E-state index contributed by atoms with van der Waals surface area (Å²) in [4.78, 5) is 12.8. The minimum absolute atomic E-state index is 0.0980. The van der Waals surface area contributed by atoms with Gasteiger partial charge in [-0.2, -0.15) is 0 Å². The summed E-state index contributed by atoms with van der Waals surface area (Å²) in [5.74, 6) is -0.0980. The lowest BCUT2D eigenvalue weighted by Gasteiger charge is -2.27. The number of hydrogen-bond acceptors (Lipinski definition) is 3. The molecule has 0 spiro atoms. The third-order valence-electron chi connectivity index (χ3n) is 7.01. The third kappa shape index (κ3) is 6.81. The van der Waals surface area contributed by atoms with Gasteiger partial charge in [-0.3, -0.25) is 4.79 Å². The molecule has 0 heterocycles. The SMILES string of the molecule is CCCN[C@H]1CCc2c(CCCC(NC(=O)c3ccc(-c4ccccc4)cc3)OC)cccc2C1. The van der Waals surface area contributed by atoms with E-state index in [1.807, 2.05) is 42.5 Å². The first-order valence-electron chi connectivity index (χ1n) is 13.0. The van der Waals surface area contributed by atoms with Crippen LogP contribution in [-0.2, 0) is 24.0 Å². The molecule has 3 aromatic rings. The van der Waals surface area contributed by atoms with E-state index in [0.29, 0.717) is 11.6 Å². The van der Waals surface area contributed by atoms with Crippen LogP contribution < -0.4 is 10.6 Å². The van der Waals surface area contributed by atoms with E-state index in [1.165, 1.54) is 24.0 Å². The Balaban J connectivity index is 1.29. The van der Waals surface area contributed by atoms with Crippen LogP contribution in [0.3, 0.4) is 0 Å². The number of aryl methyl sites for hydroxylation is 1. The highest BCUT2D eigenvalue weighted by Crippen LogP contribution is 2.26. The van der Waals surface area contributed by atoms with Crippen molar-refractivity contribution >= 4 is 5.91 Å². The molecule has 184 valence electrons. The molecule has 35 heavy (non-hydrogen) atoms. The Kier molecular flexibility index (Phi) is 9.10. The molecule has 0 saturated carbocycles. The Morgan fingerprint density at radius 3 is 2.51 bits per heavy atom. The Bertz CT molecular complexity index is 1080. The number of methoxy groups -OCH3 is 1. The van der Waals surface area contributed by atoms with Gasteiger partial charge in [0.1, 0.15) is 6.23 Å². The largest absolute Gasteiger partial charge is 0.362 e. The first-order valence-corrected chi connectivity index (χ1v) is 13.0. The van der Waals surface area contributed by atoms with Crippen molar-refractivity contribution in [3.8, 4) is 11.1 Å². The lowest BCUT2D eigenvalue weighted by Crippen LogP contribution is -2.36. The van der Waals surface area contributed by atoms with Gasteiger partial charge >= 0.3 is 0 Å². The van der Waals surface area contributed by atoms with E-state index in [1.54, 1.807) is 12.7 Å². The lowest BCUT2D eigenvalue weighted by atomic mass is 9.84. The molecular weight excluding hydrogens is 432 g/mol. The Morgan fingerprint density at radius 2 is 1.77 bits per heavy atom. The van der Waals surface area contributed by atoms with E-state index in [4.69, 9.17) is 4.74 Å². The average Bonchev–Trinajstić information content (AvgIpc) is 2.91. The monoisotopic (exact) mass is 470 g/mol. The van der Waals surface area contributed by atoms with Crippen LogP contribution in [-0.4, -0.2) is 31.8 Å². The topological polar surface area (TPSA) is 50.4 Å². The highest BCUT2D eigenvalue weighted by molar-refractivity contribution is 5.94. The molecule has 0 aromatic heterocycles. The van der Waals surface area contributed by atoms with Crippen LogP contribution in [0, 0.1) is 0 Å². The number of carbonyl (C=O) groups excluding carboxylic acids is 1. The fraction of sp³-hybridized carbons (Fsp3) is 0.387. The molecular formula is C31H38N2O2. The molecule has 2 atom stereocenters. The highest BCUT2D eigenvalue weighted by atomic mass is 16.5. The van der Waals surface area contributed by atoms with E-state index >= 15 is 0 Å². The molecule has 3 aromatic carbocycles. The molecule has 0 fully saturated rings. The molecule has 1 aliphatic rings. The fourth-order valence-corrected chi connectivity index (χ4v) is 5.04. The number of fused-ring (bicyclic) bond motifs is 1. The third-order valence-corrected chi connectivity index (χ3v) is 7.01. The summed E-state index contributed by atoms with van der Waals surface area (Å²) in [5, 5.41) is 6.73. The number of rotatable bonds is 11. The lowest BCUT2D eigenvalue weighted by molar-refractivity contribution is 0.0530. The zero-order valence-electron chi connectivity index (χ0n) is 21.1. The standard InChI is InChI=1S/C31H38N2O2/c1-3-21-32-28-19-20-29-25(11-7-13-27(29)22-28)12-8-14-30(35-2)33-31(34)26-17-15-24(16-18-26)23-9-5-4-6-10-23/h4-7,9-11,13,15-18,28,30,32H,3,8,12,14,19-22H2,1-2H3,(H,33,34)/t28-,30?/m0/s1. The number of ether oxygens (including phenoxy) is 1. The fourth-order valence-electron chi connectivity index (χ4n) is 5.04. The van der Waals surface area contributed by atoms with Crippen molar-refractivity contribution < 1.29 is 9.53 Å². The number of nitrogens with one attached hydrogen (secondary N) is 2. The minimum Gasteiger partial charge on any atom is -0.362 e. The maximum absolute atomic E-state index is 12.8. The van der Waals surface area contributed by atoms with Crippen LogP contribution in [0.2, 0.25) is 0 Å². The molecule has 4 rings (SSSR count). The Hall–Kier alpha value is -2.95. The molecule has 1 aliphatic carbocycles. The van der Waals surface area contributed by atoms with Crippen LogP contribution in [0.4, 0.5) is 0 Å². The second-order valence-electron chi connectivity index (χ2n) is 9.48. The molecule has 4 nitrogen and oxygen atoms in total. The number of carbonyl (C=O) groups is 1. The predicted octanol–water partition coefficient (Wildman–Crippen LogP) is 5.94. The van der Waals surface area contributed by atoms with Crippen molar-refractivity contribution in [2.45, 2.75) is 64.1 Å². The van der Waals surface area contributed by atoms with E-state index in [0.717, 1.165) is 49.8 Å². The minimum atomic E-state index is -0.293. The average molecular weight is 471 g/mol. The van der Waals surface area contributed by atoms with Gasteiger partial charge < -0.3 is 15.4 Å². The van der Waals surface area contributed by atoms with Gasteiger partial charge in [0, 0.05) is 18.7 Å². The zero-order chi connectivity index (χ0) is 24.5. The molecule has 0 radical (unpaired) electrons. The molecule has 0 bridgehead atoms. The molecule has 2 N–H and O–H groups in total. The predicted molar refractivity (Wildman–Crippen MR) is 144 cm³/mol. The van der Waals surface area contributed by atoms with Gasteiger partial charge in [-0.15, -0.1) is 0 Å². The first-order chi connectivity index (χ1) is 17.2. The van der Waals surface area contributed by atoms with Crippen molar-refractivity contribution in [1.29, 1.82) is 0 Å². The molecule has 1 unspecified atom stereocenters. The summed E-state index contributed by atoms with van der Waals surface area (Å²) < 4.78 is 5.60. The highest BCUT2D eigenvalue weighted by Gasteiger charge is 2.20. The van der Waals surface area contributed by atoms with E-state index in [2.05, 4.69) is 47.9 Å². The summed E-state index contributed by atoms with van der Waals surface area (Å²) in [6.07, 6.45) is 7.15. The van der Waals surface area contributed by atoms with E-state index < -0.39 is 0 Å². The quantitative estimate of drug-likeness (QED) is 0.341. The Labute approximate surface area is 210 Å². The molecule has 4 heteroatoms. The van der Waals surface area contributed by atoms with E-state index in [9.17, 15) is 4.79 Å². The molecule has 0 aliphatic heterocycles. The normalized spacial score (nSPS) is 15.9. The molecule has 0 saturated heterocycles. The van der Waals surface area contributed by atoms with Crippen LogP contribution in [0.1, 0.15) is 59.7 Å². The Morgan fingerprint density at radius 1 is 1.00 bits per heavy atom. The van der Waals surface area contributed by atoms with Gasteiger partial charge in [0.15, 0.2) is 0 Å². The summed E-state index contributed by atoms with van der Waals surface area (Å²) in [5.41, 5.74) is 7.38. The van der Waals surface area contributed by atoms with Gasteiger partial charge in [-0.25, -0.2) is 0 Å². The molecule has 1 amide bonds. The van der Waals surface area contributed by atoms with Crippen molar-refractivity contribution in [1.82, 2.24) is 10.6 Å². The van der Waals surface area contributed by atoms with Crippen LogP contribution in [0.25, 0.3) is 11.1 Å². The van der Waals surface area contributed by atoms with Gasteiger partial charge in [-0.1, -0.05) is 67.6 Å². The van der Waals surface area contributed by atoms with Crippen molar-refractivity contribution in [3.05, 3.63) is 95.1 Å². The maximum atomic E-state index is 12.8. The summed E-state index contributed by atoms with van der Waals surface area (Å²) in [7, 11) is 1.66. The van der Waals surface area contributed by atoms with Crippen molar-refractivity contribution in [2.24, 2.45) is 0 Å². The summed E-state index contributed by atoms with van der Waals surface area (Å²) in [6.45, 7) is 3.32. The number of hydrogen-bond donors (Lipinski definition) is 2. The van der Waals surface area contributed by atoms with Crippen LogP contribution >= 0.6 is 0 Å². The van der Waals surface area contributed by atoms with Crippen LogP contribution in [0.5, 0.6) is 0 Å². The van der Waals surface area contributed by atoms with Gasteiger partial charge in [0.25, 0.3) is 5.91 Å². The van der Waals surface area contributed by atoms with Gasteiger partial charge in [0.2, 0.25) is 0 Å². The van der Waals surface area contributed by atoms with Gasteiger partial charge in [0.05, 0.1) is 0 Å². The van der Waals surface area contributed by atoms with Crippen molar-refractivity contribution in [2.75, 3.05) is 13.7 Å².